The summed E-state index contributed by atoms with van der Waals surface area (Å²) in [5.74, 6) is 0.672. The Bertz CT molecular complexity index is 565. The lowest BCUT2D eigenvalue weighted by atomic mass is 10.2. The summed E-state index contributed by atoms with van der Waals surface area (Å²) in [4.78, 5) is 16.0. The monoisotopic (exact) mass is 260 g/mol. The third-order valence-electron chi connectivity index (χ3n) is 2.64. The molecule has 0 aliphatic heterocycles. The van der Waals surface area contributed by atoms with Gasteiger partial charge in [0.25, 0.3) is 5.91 Å². The van der Waals surface area contributed by atoms with E-state index in [4.69, 9.17) is 4.74 Å². The average Bonchev–Trinajstić information content (AvgIpc) is 2.86. The molecule has 0 unspecified atom stereocenters. The minimum absolute atomic E-state index is 0.270. The predicted molar refractivity (Wildman–Crippen MR) is 71.3 cm³/mol. The number of anilines is 1. The number of ether oxygens (including phenoxy) is 1. The quantitative estimate of drug-likeness (QED) is 0.861. The average molecular weight is 260 g/mol. The van der Waals surface area contributed by atoms with Crippen LogP contribution in [0.1, 0.15) is 29.4 Å². The van der Waals surface area contributed by atoms with E-state index < -0.39 is 0 Å². The lowest BCUT2D eigenvalue weighted by Crippen LogP contribution is -2.13. The second-order valence-electron chi connectivity index (χ2n) is 4.06. The molecule has 0 bridgehead atoms. The number of hydrogen-bond donors (Lipinski definition) is 2. The number of nitrogens with zero attached hydrogens (tertiary/aromatic N) is 2. The van der Waals surface area contributed by atoms with Crippen LogP contribution in [0.25, 0.3) is 0 Å². The second-order valence-corrected chi connectivity index (χ2v) is 4.06. The summed E-state index contributed by atoms with van der Waals surface area (Å²) in [5.41, 5.74) is 1.43. The first-order valence-corrected chi connectivity index (χ1v) is 6.08. The van der Waals surface area contributed by atoms with E-state index in [0.29, 0.717) is 17.1 Å². The number of carbonyl (C=O) groups is 1. The zero-order chi connectivity index (χ0) is 13.7. The van der Waals surface area contributed by atoms with E-state index in [-0.39, 0.29) is 5.91 Å². The summed E-state index contributed by atoms with van der Waals surface area (Å²) < 4.78 is 5.10. The highest BCUT2D eigenvalue weighted by atomic mass is 16.5. The van der Waals surface area contributed by atoms with Crippen molar-refractivity contribution in [1.29, 1.82) is 0 Å². The van der Waals surface area contributed by atoms with Crippen molar-refractivity contribution in [3.8, 4) is 5.75 Å². The number of hydrogen-bond acceptors (Lipinski definition) is 4. The summed E-state index contributed by atoms with van der Waals surface area (Å²) in [6.07, 6.45) is 4.97. The molecule has 19 heavy (non-hydrogen) atoms. The normalized spacial score (nSPS) is 10.2. The molecule has 0 radical (unpaired) electrons. The number of nitrogens with one attached hydrogen (secondary N) is 2. The van der Waals surface area contributed by atoms with Crippen LogP contribution in [0.15, 0.2) is 24.5 Å². The number of carbonyl (C=O) groups excluding carboxylic acids is 1. The van der Waals surface area contributed by atoms with Crippen molar-refractivity contribution in [3.63, 3.8) is 0 Å². The smallest absolute Gasteiger partial charge is 0.260 e. The molecule has 2 rings (SSSR count). The number of rotatable bonds is 5. The summed E-state index contributed by atoms with van der Waals surface area (Å²) >= 11 is 0. The maximum absolute atomic E-state index is 12.1. The highest BCUT2D eigenvalue weighted by molar-refractivity contribution is 6.05. The van der Waals surface area contributed by atoms with Crippen LogP contribution in [0, 0.1) is 0 Å². The Morgan fingerprint density at radius 2 is 2.37 bits per heavy atom. The minimum Gasteiger partial charge on any atom is -0.494 e. The van der Waals surface area contributed by atoms with E-state index in [1.54, 1.807) is 12.3 Å². The van der Waals surface area contributed by atoms with Crippen molar-refractivity contribution < 1.29 is 9.53 Å². The molecule has 6 nitrogen and oxygen atoms in total. The molecule has 1 amide bonds. The molecule has 0 saturated heterocycles. The summed E-state index contributed by atoms with van der Waals surface area (Å²) in [5, 5.41) is 9.65. The summed E-state index contributed by atoms with van der Waals surface area (Å²) in [7, 11) is 1.50. The molecule has 0 aliphatic rings. The zero-order valence-corrected chi connectivity index (χ0v) is 10.9. The van der Waals surface area contributed by atoms with Crippen LogP contribution in [-0.4, -0.2) is 28.2 Å². The number of aromatic amines is 1. The first kappa shape index (κ1) is 13.1. The largest absolute Gasteiger partial charge is 0.494 e. The lowest BCUT2D eigenvalue weighted by Gasteiger charge is -2.06. The molecule has 0 fully saturated rings. The zero-order valence-electron chi connectivity index (χ0n) is 10.9. The topological polar surface area (TPSA) is 79.9 Å². The van der Waals surface area contributed by atoms with Crippen LogP contribution < -0.4 is 10.1 Å². The number of aryl methyl sites for hydroxylation is 1. The molecular weight excluding hydrogens is 244 g/mol. The van der Waals surface area contributed by atoms with Gasteiger partial charge in [-0.2, -0.15) is 5.10 Å². The van der Waals surface area contributed by atoms with Crippen LogP contribution in [-0.2, 0) is 6.42 Å². The van der Waals surface area contributed by atoms with E-state index in [1.165, 1.54) is 13.3 Å². The SMILES string of the molecule is CCCc1cc(NC(=O)c2ccncc2OC)n[nH]1. The lowest BCUT2D eigenvalue weighted by molar-refractivity contribution is 0.102. The van der Waals surface area contributed by atoms with Crippen LogP contribution in [0.5, 0.6) is 5.75 Å². The minimum atomic E-state index is -0.270. The highest BCUT2D eigenvalue weighted by Crippen LogP contribution is 2.17. The molecule has 2 N–H and O–H groups in total. The van der Waals surface area contributed by atoms with E-state index >= 15 is 0 Å². The van der Waals surface area contributed by atoms with Gasteiger partial charge in [-0.25, -0.2) is 0 Å². The Kier molecular flexibility index (Phi) is 4.12. The fourth-order valence-electron chi connectivity index (χ4n) is 1.74. The number of pyridine rings is 1. The number of amides is 1. The van der Waals surface area contributed by atoms with Crippen LogP contribution in [0.2, 0.25) is 0 Å². The molecule has 2 aromatic heterocycles. The molecule has 2 heterocycles. The number of methoxy groups -OCH3 is 1. The van der Waals surface area contributed by atoms with Gasteiger partial charge in [0, 0.05) is 18.0 Å². The van der Waals surface area contributed by atoms with Gasteiger partial charge in [0.05, 0.1) is 18.9 Å². The summed E-state index contributed by atoms with van der Waals surface area (Å²) in [6.45, 7) is 2.08. The first-order valence-electron chi connectivity index (χ1n) is 6.08. The molecule has 2 aromatic rings. The highest BCUT2D eigenvalue weighted by Gasteiger charge is 2.13. The number of aromatic nitrogens is 3. The fraction of sp³-hybridized carbons (Fsp3) is 0.308. The molecule has 6 heteroatoms. The van der Waals surface area contributed by atoms with E-state index in [0.717, 1.165) is 18.5 Å². The van der Waals surface area contributed by atoms with Crippen molar-refractivity contribution in [2.75, 3.05) is 12.4 Å². The van der Waals surface area contributed by atoms with Crippen molar-refractivity contribution in [2.24, 2.45) is 0 Å². The van der Waals surface area contributed by atoms with Gasteiger partial charge in [-0.15, -0.1) is 0 Å². The molecule has 0 spiro atoms. The van der Waals surface area contributed by atoms with Crippen molar-refractivity contribution in [2.45, 2.75) is 19.8 Å². The van der Waals surface area contributed by atoms with Crippen molar-refractivity contribution >= 4 is 11.7 Å². The second kappa shape index (κ2) is 5.99. The van der Waals surface area contributed by atoms with Gasteiger partial charge < -0.3 is 10.1 Å². The number of H-pyrrole nitrogens is 1. The molecule has 100 valence electrons. The van der Waals surface area contributed by atoms with Gasteiger partial charge in [-0.05, 0) is 12.5 Å². The fourth-order valence-corrected chi connectivity index (χ4v) is 1.74. The Labute approximate surface area is 111 Å². The Morgan fingerprint density at radius 3 is 3.11 bits per heavy atom. The van der Waals surface area contributed by atoms with Gasteiger partial charge in [0.15, 0.2) is 5.82 Å². The molecule has 0 aromatic carbocycles. The van der Waals surface area contributed by atoms with Crippen LogP contribution >= 0.6 is 0 Å². The van der Waals surface area contributed by atoms with Gasteiger partial charge >= 0.3 is 0 Å². The van der Waals surface area contributed by atoms with Crippen molar-refractivity contribution in [1.82, 2.24) is 15.2 Å². The standard InChI is InChI=1S/C13H16N4O2/c1-3-4-9-7-12(17-16-9)15-13(18)10-5-6-14-8-11(10)19-2/h5-8H,3-4H2,1-2H3,(H2,15,16,17,18). The molecular formula is C13H16N4O2. The Hall–Kier alpha value is -2.37. The summed E-state index contributed by atoms with van der Waals surface area (Å²) in [6, 6.07) is 3.43. The Balaban J connectivity index is 2.11. The van der Waals surface area contributed by atoms with Gasteiger partial charge in [0.1, 0.15) is 5.75 Å². The Morgan fingerprint density at radius 1 is 1.53 bits per heavy atom. The van der Waals surface area contributed by atoms with Crippen LogP contribution in [0.4, 0.5) is 5.82 Å². The molecule has 0 saturated carbocycles. The maximum Gasteiger partial charge on any atom is 0.260 e. The molecule has 0 aliphatic carbocycles. The molecule has 0 atom stereocenters. The van der Waals surface area contributed by atoms with Crippen molar-refractivity contribution in [3.05, 3.63) is 35.8 Å². The van der Waals surface area contributed by atoms with Gasteiger partial charge in [0.2, 0.25) is 0 Å². The third kappa shape index (κ3) is 3.09. The van der Waals surface area contributed by atoms with Gasteiger partial charge in [-0.3, -0.25) is 14.9 Å². The predicted octanol–water partition coefficient (Wildman–Crippen LogP) is 2.02. The third-order valence-corrected chi connectivity index (χ3v) is 2.64. The van der Waals surface area contributed by atoms with E-state index in [1.807, 2.05) is 6.07 Å². The van der Waals surface area contributed by atoms with E-state index in [2.05, 4.69) is 27.4 Å². The van der Waals surface area contributed by atoms with Gasteiger partial charge in [-0.1, -0.05) is 13.3 Å². The first-order chi connectivity index (χ1) is 9.24. The van der Waals surface area contributed by atoms with E-state index in [9.17, 15) is 4.79 Å². The van der Waals surface area contributed by atoms with Crippen LogP contribution in [0.3, 0.4) is 0 Å². The maximum atomic E-state index is 12.1.